The maximum atomic E-state index is 5.19. The lowest BCUT2D eigenvalue weighted by molar-refractivity contribution is 0.0208. The summed E-state index contributed by atoms with van der Waals surface area (Å²) in [5.74, 6) is 0.998. The van der Waals surface area contributed by atoms with Gasteiger partial charge < -0.3 is 20.4 Å². The number of hydrogen-bond acceptors (Lipinski definition) is 4. The maximum absolute atomic E-state index is 5.19. The van der Waals surface area contributed by atoms with Crippen molar-refractivity contribution in [3.05, 3.63) is 30.3 Å². The Morgan fingerprint density at radius 2 is 1.75 bits per heavy atom. The highest BCUT2D eigenvalue weighted by atomic mass is 127. The second-order valence-electron chi connectivity index (χ2n) is 9.68. The van der Waals surface area contributed by atoms with Gasteiger partial charge in [0.25, 0.3) is 0 Å². The van der Waals surface area contributed by atoms with Crippen LogP contribution in [0.15, 0.2) is 35.3 Å². The SMILES string of the molecule is CCNC(=NCC1(N2CCCCC2)CCN(C)CC1)NC1CCN(c2ccccc2)C1.I. The van der Waals surface area contributed by atoms with Crippen molar-refractivity contribution in [1.82, 2.24) is 20.4 Å². The van der Waals surface area contributed by atoms with Gasteiger partial charge in [-0.15, -0.1) is 24.0 Å². The minimum Gasteiger partial charge on any atom is -0.369 e. The van der Waals surface area contributed by atoms with E-state index in [1.165, 1.54) is 64.0 Å². The molecule has 3 aliphatic rings. The van der Waals surface area contributed by atoms with Gasteiger partial charge in [0, 0.05) is 36.9 Å². The number of rotatable bonds is 6. The first kappa shape index (κ1) is 25.6. The molecule has 0 aromatic heterocycles. The van der Waals surface area contributed by atoms with Crippen molar-refractivity contribution in [1.29, 1.82) is 0 Å². The molecular weight excluding hydrogens is 511 g/mol. The first-order valence-corrected chi connectivity index (χ1v) is 12.5. The third-order valence-electron chi connectivity index (χ3n) is 7.47. The first-order valence-electron chi connectivity index (χ1n) is 12.5. The molecule has 0 saturated carbocycles. The molecule has 2 N–H and O–H groups in total. The lowest BCUT2D eigenvalue weighted by atomic mass is 9.84. The van der Waals surface area contributed by atoms with Gasteiger partial charge in [0.2, 0.25) is 0 Å². The fourth-order valence-corrected chi connectivity index (χ4v) is 5.47. The lowest BCUT2D eigenvalue weighted by Gasteiger charge is -2.49. The van der Waals surface area contributed by atoms with Gasteiger partial charge in [-0.2, -0.15) is 0 Å². The average molecular weight is 555 g/mol. The topological polar surface area (TPSA) is 46.1 Å². The average Bonchev–Trinajstić information content (AvgIpc) is 3.29. The van der Waals surface area contributed by atoms with Crippen LogP contribution in [0.25, 0.3) is 0 Å². The van der Waals surface area contributed by atoms with Crippen LogP contribution >= 0.6 is 24.0 Å². The van der Waals surface area contributed by atoms with E-state index in [0.29, 0.717) is 6.04 Å². The number of nitrogens with zero attached hydrogens (tertiary/aromatic N) is 4. The number of aliphatic imine (C=N–C) groups is 1. The Balaban J connectivity index is 0.00000289. The van der Waals surface area contributed by atoms with Gasteiger partial charge in [-0.25, -0.2) is 0 Å². The van der Waals surface area contributed by atoms with Crippen molar-refractivity contribution in [2.24, 2.45) is 4.99 Å². The molecule has 1 atom stereocenters. The van der Waals surface area contributed by atoms with Gasteiger partial charge in [-0.05, 0) is 84.4 Å². The number of guanidine groups is 1. The van der Waals surface area contributed by atoms with Crippen LogP contribution in [0.1, 0.15) is 45.4 Å². The van der Waals surface area contributed by atoms with Crippen molar-refractivity contribution >= 4 is 35.6 Å². The molecule has 180 valence electrons. The summed E-state index contributed by atoms with van der Waals surface area (Å²) >= 11 is 0. The number of halogens is 1. The summed E-state index contributed by atoms with van der Waals surface area (Å²) in [4.78, 5) is 12.9. The quantitative estimate of drug-likeness (QED) is 0.321. The Kier molecular flexibility index (Phi) is 9.92. The van der Waals surface area contributed by atoms with Crippen LogP contribution in [0.5, 0.6) is 0 Å². The predicted octanol–water partition coefficient (Wildman–Crippen LogP) is 3.39. The van der Waals surface area contributed by atoms with Crippen LogP contribution in [-0.2, 0) is 0 Å². The van der Waals surface area contributed by atoms with E-state index in [9.17, 15) is 0 Å². The Hall–Kier alpha value is -1.06. The van der Waals surface area contributed by atoms with Crippen LogP contribution < -0.4 is 15.5 Å². The molecular formula is C25H43IN6. The number of para-hydroxylation sites is 1. The highest BCUT2D eigenvalue weighted by Crippen LogP contribution is 2.31. The summed E-state index contributed by atoms with van der Waals surface area (Å²) in [5.41, 5.74) is 1.56. The maximum Gasteiger partial charge on any atom is 0.191 e. The summed E-state index contributed by atoms with van der Waals surface area (Å²) in [5, 5.41) is 7.28. The van der Waals surface area contributed by atoms with E-state index in [0.717, 1.165) is 38.6 Å². The molecule has 3 aliphatic heterocycles. The molecule has 0 bridgehead atoms. The highest BCUT2D eigenvalue weighted by molar-refractivity contribution is 14.0. The molecule has 4 rings (SSSR count). The fourth-order valence-electron chi connectivity index (χ4n) is 5.47. The van der Waals surface area contributed by atoms with Crippen molar-refractivity contribution in [2.75, 3.05) is 64.3 Å². The molecule has 1 aromatic carbocycles. The first-order chi connectivity index (χ1) is 15.2. The molecule has 1 unspecified atom stereocenters. The number of hydrogen-bond donors (Lipinski definition) is 2. The van der Waals surface area contributed by atoms with Crippen molar-refractivity contribution in [3.63, 3.8) is 0 Å². The smallest absolute Gasteiger partial charge is 0.191 e. The number of benzene rings is 1. The van der Waals surface area contributed by atoms with Crippen LogP contribution in [-0.4, -0.2) is 86.7 Å². The molecule has 1 aromatic rings. The summed E-state index contributed by atoms with van der Waals surface area (Å²) in [6.45, 7) is 11.0. The molecule has 0 radical (unpaired) electrons. The van der Waals surface area contributed by atoms with Crippen LogP contribution in [0.3, 0.4) is 0 Å². The van der Waals surface area contributed by atoms with E-state index in [1.807, 2.05) is 0 Å². The third kappa shape index (κ3) is 6.50. The van der Waals surface area contributed by atoms with Gasteiger partial charge in [0.1, 0.15) is 0 Å². The Morgan fingerprint density at radius 1 is 1.03 bits per heavy atom. The normalized spacial score (nSPS) is 24.8. The van der Waals surface area contributed by atoms with Gasteiger partial charge in [0.05, 0.1) is 6.54 Å². The second kappa shape index (κ2) is 12.4. The molecule has 6 nitrogen and oxygen atoms in total. The summed E-state index contributed by atoms with van der Waals surface area (Å²) in [6.07, 6.45) is 7.70. The van der Waals surface area contributed by atoms with Crippen molar-refractivity contribution < 1.29 is 0 Å². The van der Waals surface area contributed by atoms with E-state index < -0.39 is 0 Å². The predicted molar refractivity (Wildman–Crippen MR) is 146 cm³/mol. The molecule has 32 heavy (non-hydrogen) atoms. The number of likely N-dealkylation sites (tertiary alicyclic amines) is 2. The van der Waals surface area contributed by atoms with Gasteiger partial charge in [-0.1, -0.05) is 24.6 Å². The van der Waals surface area contributed by atoms with Crippen LogP contribution in [0.4, 0.5) is 5.69 Å². The molecule has 3 fully saturated rings. The Morgan fingerprint density at radius 3 is 2.44 bits per heavy atom. The second-order valence-corrected chi connectivity index (χ2v) is 9.68. The van der Waals surface area contributed by atoms with Crippen LogP contribution in [0.2, 0.25) is 0 Å². The molecule has 3 heterocycles. The fraction of sp³-hybridized carbons (Fsp3) is 0.720. The zero-order valence-electron chi connectivity index (χ0n) is 20.1. The van der Waals surface area contributed by atoms with E-state index in [2.05, 4.69) is 69.6 Å². The monoisotopic (exact) mass is 554 g/mol. The van der Waals surface area contributed by atoms with Gasteiger partial charge >= 0.3 is 0 Å². The molecule has 7 heteroatoms. The zero-order valence-corrected chi connectivity index (χ0v) is 22.4. The van der Waals surface area contributed by atoms with E-state index in [-0.39, 0.29) is 29.5 Å². The van der Waals surface area contributed by atoms with E-state index in [4.69, 9.17) is 4.99 Å². The summed E-state index contributed by atoms with van der Waals surface area (Å²) in [6, 6.07) is 11.2. The third-order valence-corrected chi connectivity index (χ3v) is 7.47. The Labute approximate surface area is 212 Å². The largest absolute Gasteiger partial charge is 0.369 e. The number of piperidine rings is 2. The minimum absolute atomic E-state index is 0. The van der Waals surface area contributed by atoms with Crippen molar-refractivity contribution in [3.8, 4) is 0 Å². The van der Waals surface area contributed by atoms with Crippen molar-refractivity contribution in [2.45, 2.75) is 57.0 Å². The lowest BCUT2D eigenvalue weighted by Crippen LogP contribution is -2.58. The summed E-state index contributed by atoms with van der Waals surface area (Å²) in [7, 11) is 2.26. The highest BCUT2D eigenvalue weighted by Gasteiger charge is 2.39. The molecule has 3 saturated heterocycles. The van der Waals surface area contributed by atoms with Gasteiger partial charge in [0.15, 0.2) is 5.96 Å². The standard InChI is InChI=1S/C25H42N6.HI/c1-3-26-24(28-22-12-17-30(20-22)23-10-6-4-7-11-23)27-21-25(13-18-29(2)19-14-25)31-15-8-5-9-16-31;/h4,6-7,10-11,22H,3,5,8-9,12-21H2,1-2H3,(H2,26,27,28);1H. The van der Waals surface area contributed by atoms with E-state index >= 15 is 0 Å². The van der Waals surface area contributed by atoms with E-state index in [1.54, 1.807) is 0 Å². The number of nitrogens with one attached hydrogen (secondary N) is 2. The molecule has 0 aliphatic carbocycles. The number of anilines is 1. The Bertz CT molecular complexity index is 698. The molecule has 0 amide bonds. The molecule has 0 spiro atoms. The summed E-state index contributed by atoms with van der Waals surface area (Å²) < 4.78 is 0. The zero-order chi connectivity index (χ0) is 21.5. The minimum atomic E-state index is 0. The van der Waals surface area contributed by atoms with Crippen LogP contribution in [0, 0.1) is 0 Å². The van der Waals surface area contributed by atoms with Gasteiger partial charge in [-0.3, -0.25) is 9.89 Å².